The summed E-state index contributed by atoms with van der Waals surface area (Å²) in [7, 11) is 1.27. The van der Waals surface area contributed by atoms with Crippen LogP contribution >= 0.6 is 0 Å². The second-order valence-corrected chi connectivity index (χ2v) is 3.38. The molecule has 0 fully saturated rings. The normalized spacial score (nSPS) is 10.3. The van der Waals surface area contributed by atoms with Gasteiger partial charge in [-0.2, -0.15) is 0 Å². The predicted octanol–water partition coefficient (Wildman–Crippen LogP) is -0.413. The Hall–Kier alpha value is -2.77. The van der Waals surface area contributed by atoms with Crippen LogP contribution in [0.3, 0.4) is 0 Å². The third-order valence-electron chi connectivity index (χ3n) is 2.20. The van der Waals surface area contributed by atoms with Gasteiger partial charge in [0, 0.05) is 7.05 Å². The molecule has 2 rings (SSSR count). The lowest BCUT2D eigenvalue weighted by atomic mass is 10.3. The third kappa shape index (κ3) is 1.90. The van der Waals surface area contributed by atoms with Crippen LogP contribution in [0.4, 0.5) is 4.79 Å². The van der Waals surface area contributed by atoms with Crippen LogP contribution in [0.1, 0.15) is 0 Å². The van der Waals surface area contributed by atoms with Gasteiger partial charge >= 0.3 is 17.5 Å². The number of benzene rings is 1. The SMILES string of the molecule is Cn1c(=O)on(-c2ccccc2OC(N)=O)c1=O. The van der Waals surface area contributed by atoms with Crippen LogP contribution in [0.5, 0.6) is 5.75 Å². The van der Waals surface area contributed by atoms with E-state index in [1.165, 1.54) is 19.2 Å². The first-order valence-electron chi connectivity index (χ1n) is 4.86. The number of nitrogens with zero attached hydrogens (tertiary/aromatic N) is 2. The minimum Gasteiger partial charge on any atom is -0.408 e. The highest BCUT2D eigenvalue weighted by atomic mass is 16.6. The minimum absolute atomic E-state index is 0.0152. The monoisotopic (exact) mass is 251 g/mol. The van der Waals surface area contributed by atoms with Crippen molar-refractivity contribution < 1.29 is 14.1 Å². The van der Waals surface area contributed by atoms with Crippen LogP contribution in [0.2, 0.25) is 0 Å². The minimum atomic E-state index is -1.03. The molecule has 8 nitrogen and oxygen atoms in total. The van der Waals surface area contributed by atoms with Gasteiger partial charge in [-0.1, -0.05) is 12.1 Å². The number of nitrogens with two attached hydrogens (primary N) is 1. The second-order valence-electron chi connectivity index (χ2n) is 3.38. The lowest BCUT2D eigenvalue weighted by Crippen LogP contribution is -2.25. The topological polar surface area (TPSA) is 109 Å². The lowest BCUT2D eigenvalue weighted by Gasteiger charge is -2.05. The van der Waals surface area contributed by atoms with Gasteiger partial charge in [-0.3, -0.25) is 0 Å². The van der Waals surface area contributed by atoms with E-state index in [9.17, 15) is 14.4 Å². The fraction of sp³-hybridized carbons (Fsp3) is 0.100. The molecule has 2 aromatic rings. The first kappa shape index (κ1) is 11.7. The molecule has 94 valence electrons. The summed E-state index contributed by atoms with van der Waals surface area (Å²) < 4.78 is 10.9. The molecule has 0 bridgehead atoms. The predicted molar refractivity (Wildman–Crippen MR) is 59.8 cm³/mol. The van der Waals surface area contributed by atoms with Gasteiger partial charge in [0.1, 0.15) is 5.69 Å². The Kier molecular flexibility index (Phi) is 2.76. The maximum atomic E-state index is 11.7. The van der Waals surface area contributed by atoms with Gasteiger partial charge in [0.2, 0.25) is 0 Å². The van der Waals surface area contributed by atoms with Gasteiger partial charge in [0.25, 0.3) is 0 Å². The highest BCUT2D eigenvalue weighted by Gasteiger charge is 2.15. The van der Waals surface area contributed by atoms with E-state index < -0.39 is 17.5 Å². The molecule has 0 aliphatic heterocycles. The van der Waals surface area contributed by atoms with E-state index in [0.29, 0.717) is 0 Å². The molecule has 1 aromatic carbocycles. The summed E-state index contributed by atoms with van der Waals surface area (Å²) in [6.45, 7) is 0. The van der Waals surface area contributed by atoms with Gasteiger partial charge < -0.3 is 15.0 Å². The Balaban J connectivity index is 2.64. The molecule has 1 aromatic heterocycles. The maximum absolute atomic E-state index is 11.7. The van der Waals surface area contributed by atoms with Crippen LogP contribution in [-0.2, 0) is 7.05 Å². The van der Waals surface area contributed by atoms with Crippen molar-refractivity contribution in [1.29, 1.82) is 0 Å². The zero-order valence-corrected chi connectivity index (χ0v) is 9.32. The van der Waals surface area contributed by atoms with E-state index in [1.807, 2.05) is 0 Å². The average molecular weight is 251 g/mol. The quantitative estimate of drug-likeness (QED) is 0.779. The van der Waals surface area contributed by atoms with Crippen molar-refractivity contribution >= 4 is 6.09 Å². The van der Waals surface area contributed by atoms with Gasteiger partial charge in [0.15, 0.2) is 5.75 Å². The highest BCUT2D eigenvalue weighted by Crippen LogP contribution is 2.20. The van der Waals surface area contributed by atoms with Crippen molar-refractivity contribution in [2.75, 3.05) is 0 Å². The maximum Gasteiger partial charge on any atom is 0.442 e. The molecule has 1 amide bonds. The number of hydrogen-bond donors (Lipinski definition) is 1. The molecule has 0 atom stereocenters. The molecule has 1 heterocycles. The Bertz CT molecular complexity index is 709. The summed E-state index contributed by atoms with van der Waals surface area (Å²) in [4.78, 5) is 33.6. The van der Waals surface area contributed by atoms with Crippen molar-refractivity contribution in [3.63, 3.8) is 0 Å². The number of hydrogen-bond acceptors (Lipinski definition) is 5. The summed E-state index contributed by atoms with van der Waals surface area (Å²) in [6.07, 6.45) is -1.03. The van der Waals surface area contributed by atoms with Gasteiger partial charge in [-0.25, -0.2) is 19.0 Å². The Labute approximate surface area is 99.8 Å². The number of ether oxygens (including phenoxy) is 1. The number of rotatable bonds is 2. The third-order valence-corrected chi connectivity index (χ3v) is 2.20. The van der Waals surface area contributed by atoms with Crippen LogP contribution in [0.25, 0.3) is 5.69 Å². The molecule has 0 aliphatic carbocycles. The van der Waals surface area contributed by atoms with E-state index in [4.69, 9.17) is 15.0 Å². The molecule has 0 spiro atoms. The molecular formula is C10H9N3O5. The van der Waals surface area contributed by atoms with Crippen molar-refractivity contribution in [1.82, 2.24) is 9.31 Å². The van der Waals surface area contributed by atoms with E-state index >= 15 is 0 Å². The molecule has 8 heteroatoms. The number of carbonyl (C=O) groups excluding carboxylic acids is 1. The Morgan fingerprint density at radius 3 is 2.56 bits per heavy atom. The molecule has 18 heavy (non-hydrogen) atoms. The summed E-state index contributed by atoms with van der Waals surface area (Å²) in [5.74, 6) is -0.810. The Morgan fingerprint density at radius 1 is 1.33 bits per heavy atom. The largest absolute Gasteiger partial charge is 0.442 e. The van der Waals surface area contributed by atoms with E-state index in [2.05, 4.69) is 0 Å². The first-order chi connectivity index (χ1) is 8.50. The summed E-state index contributed by atoms with van der Waals surface area (Å²) in [6, 6.07) is 6.03. The standard InChI is InChI=1S/C10H9N3O5/c1-12-9(15)13(18-10(12)16)6-4-2-3-5-7(6)17-8(11)14/h2-5H,1H3,(H2,11,14). The van der Waals surface area contributed by atoms with Gasteiger partial charge in [-0.05, 0) is 12.1 Å². The van der Waals surface area contributed by atoms with Crippen molar-refractivity contribution in [2.45, 2.75) is 0 Å². The van der Waals surface area contributed by atoms with E-state index in [-0.39, 0.29) is 11.4 Å². The Morgan fingerprint density at radius 2 is 2.00 bits per heavy atom. The molecular weight excluding hydrogens is 242 g/mol. The zero-order valence-electron chi connectivity index (χ0n) is 9.32. The first-order valence-corrected chi connectivity index (χ1v) is 4.86. The summed E-state index contributed by atoms with van der Waals surface area (Å²) in [5.41, 5.74) is 4.31. The summed E-state index contributed by atoms with van der Waals surface area (Å²) in [5, 5.41) is 0. The van der Waals surface area contributed by atoms with Crippen LogP contribution in [0.15, 0.2) is 38.4 Å². The fourth-order valence-electron chi connectivity index (χ4n) is 1.36. The second kappa shape index (κ2) is 4.24. The van der Waals surface area contributed by atoms with Crippen molar-refractivity contribution in [3.8, 4) is 11.4 Å². The van der Waals surface area contributed by atoms with Crippen LogP contribution in [-0.4, -0.2) is 15.4 Å². The number of aromatic nitrogens is 2. The van der Waals surface area contributed by atoms with Gasteiger partial charge in [-0.15, -0.1) is 4.74 Å². The number of carbonyl (C=O) groups is 1. The molecule has 0 unspecified atom stereocenters. The smallest absolute Gasteiger partial charge is 0.408 e. The number of amides is 1. The summed E-state index contributed by atoms with van der Waals surface area (Å²) >= 11 is 0. The van der Waals surface area contributed by atoms with Crippen molar-refractivity contribution in [3.05, 3.63) is 45.3 Å². The van der Waals surface area contributed by atoms with E-state index in [1.54, 1.807) is 12.1 Å². The molecule has 0 radical (unpaired) electrons. The number of para-hydroxylation sites is 2. The molecule has 0 saturated heterocycles. The van der Waals surface area contributed by atoms with Gasteiger partial charge in [0.05, 0.1) is 0 Å². The lowest BCUT2D eigenvalue weighted by molar-refractivity contribution is 0.209. The highest BCUT2D eigenvalue weighted by molar-refractivity contribution is 5.69. The van der Waals surface area contributed by atoms with Crippen molar-refractivity contribution in [2.24, 2.45) is 12.8 Å². The average Bonchev–Trinajstić information content (AvgIpc) is 2.57. The molecule has 0 saturated carbocycles. The van der Waals surface area contributed by atoms with Crippen LogP contribution < -0.4 is 21.9 Å². The zero-order chi connectivity index (χ0) is 13.3. The van der Waals surface area contributed by atoms with Crippen LogP contribution in [0, 0.1) is 0 Å². The van der Waals surface area contributed by atoms with E-state index in [0.717, 1.165) is 9.31 Å². The fourth-order valence-corrected chi connectivity index (χ4v) is 1.36. The number of primary amides is 1. The molecule has 2 N–H and O–H groups in total. The molecule has 0 aliphatic rings.